The molecule has 1 N–H and O–H groups in total. The maximum atomic E-state index is 12.4. The number of esters is 1. The van der Waals surface area contributed by atoms with Crippen molar-refractivity contribution in [3.8, 4) is 5.69 Å². The summed E-state index contributed by atoms with van der Waals surface area (Å²) in [5.41, 5.74) is 2.95. The summed E-state index contributed by atoms with van der Waals surface area (Å²) >= 11 is 0. The Kier molecular flexibility index (Phi) is 4.44. The van der Waals surface area contributed by atoms with E-state index in [4.69, 9.17) is 4.74 Å². The minimum absolute atomic E-state index is 0.0969. The number of hydrogen-bond donors (Lipinski definition) is 1. The van der Waals surface area contributed by atoms with E-state index in [-0.39, 0.29) is 24.2 Å². The van der Waals surface area contributed by atoms with Gasteiger partial charge >= 0.3 is 5.97 Å². The Labute approximate surface area is 160 Å². The molecule has 1 amide bonds. The van der Waals surface area contributed by atoms with Gasteiger partial charge in [-0.05, 0) is 55.0 Å². The van der Waals surface area contributed by atoms with Gasteiger partial charge in [0.05, 0.1) is 17.2 Å². The van der Waals surface area contributed by atoms with Gasteiger partial charge in [0.25, 0.3) is 0 Å². The van der Waals surface area contributed by atoms with Gasteiger partial charge in [0.2, 0.25) is 5.91 Å². The van der Waals surface area contributed by atoms with Crippen LogP contribution in [0.25, 0.3) is 5.69 Å². The van der Waals surface area contributed by atoms with Crippen LogP contribution in [0.4, 0.5) is 5.69 Å². The highest BCUT2D eigenvalue weighted by molar-refractivity contribution is 6.05. The van der Waals surface area contributed by atoms with Crippen LogP contribution in [-0.2, 0) is 9.53 Å². The lowest BCUT2D eigenvalue weighted by molar-refractivity contribution is -0.116. The van der Waals surface area contributed by atoms with Crippen LogP contribution in [0, 0.1) is 0 Å². The minimum atomic E-state index is -0.593. The summed E-state index contributed by atoms with van der Waals surface area (Å²) in [4.78, 5) is 40.1. The number of ether oxygens (including phenoxy) is 1. The normalized spacial score (nSPS) is 15.0. The van der Waals surface area contributed by atoms with Gasteiger partial charge in [-0.1, -0.05) is 0 Å². The molecule has 2 heterocycles. The summed E-state index contributed by atoms with van der Waals surface area (Å²) in [6, 6.07) is 11.6. The van der Waals surface area contributed by atoms with E-state index in [0.717, 1.165) is 11.3 Å². The topological polar surface area (TPSA) is 103 Å². The zero-order chi connectivity index (χ0) is 19.7. The molecule has 28 heavy (non-hydrogen) atoms. The van der Waals surface area contributed by atoms with E-state index in [1.807, 2.05) is 0 Å². The number of benzene rings is 2. The molecule has 0 unspecified atom stereocenters. The number of fused-ring (bicyclic) bond motifs is 1. The first-order valence-electron chi connectivity index (χ1n) is 8.63. The second-order valence-electron chi connectivity index (χ2n) is 6.40. The van der Waals surface area contributed by atoms with E-state index in [1.165, 1.54) is 6.33 Å². The third kappa shape index (κ3) is 3.27. The Morgan fingerprint density at radius 1 is 1.14 bits per heavy atom. The molecule has 0 spiro atoms. The molecule has 3 aromatic rings. The highest BCUT2D eigenvalue weighted by Crippen LogP contribution is 2.32. The van der Waals surface area contributed by atoms with Crippen LogP contribution < -0.4 is 5.32 Å². The molecule has 2 aromatic carbocycles. The third-order valence-electron chi connectivity index (χ3n) is 4.61. The Balaban J connectivity index is 1.40. The number of nitrogens with zero attached hydrogens (tertiary/aromatic N) is 3. The number of nitrogens with one attached hydrogen (secondary N) is 1. The lowest BCUT2D eigenvalue weighted by Crippen LogP contribution is -2.14. The Hall–Kier alpha value is -3.81. The summed E-state index contributed by atoms with van der Waals surface area (Å²) in [5, 5.41) is 6.76. The minimum Gasteiger partial charge on any atom is -0.454 e. The summed E-state index contributed by atoms with van der Waals surface area (Å²) in [6.07, 6.45) is 2.96. The second kappa shape index (κ2) is 7.07. The van der Waals surface area contributed by atoms with E-state index >= 15 is 0 Å². The van der Waals surface area contributed by atoms with Crippen LogP contribution in [0.1, 0.15) is 39.1 Å². The zero-order valence-corrected chi connectivity index (χ0v) is 15.0. The van der Waals surface area contributed by atoms with E-state index in [0.29, 0.717) is 16.8 Å². The molecule has 1 aromatic heterocycles. The number of hydrogen-bond acceptors (Lipinski definition) is 6. The number of amides is 1. The molecule has 8 heteroatoms. The van der Waals surface area contributed by atoms with Gasteiger partial charge in [-0.2, -0.15) is 5.10 Å². The number of carbonyl (C=O) groups is 3. The van der Waals surface area contributed by atoms with Gasteiger partial charge in [0.15, 0.2) is 12.4 Å². The molecule has 1 aliphatic heterocycles. The Bertz CT molecular complexity index is 1060. The van der Waals surface area contributed by atoms with Crippen molar-refractivity contribution in [3.63, 3.8) is 0 Å². The summed E-state index contributed by atoms with van der Waals surface area (Å²) in [6.45, 7) is 1.40. The van der Waals surface area contributed by atoms with Crippen LogP contribution in [0.3, 0.4) is 0 Å². The molecule has 0 aliphatic carbocycles. The average Bonchev–Trinajstić information content (AvgIpc) is 3.35. The zero-order valence-electron chi connectivity index (χ0n) is 15.0. The summed E-state index contributed by atoms with van der Waals surface area (Å²) < 4.78 is 6.70. The Morgan fingerprint density at radius 2 is 1.89 bits per heavy atom. The fraction of sp³-hybridized carbons (Fsp3) is 0.150. The molecule has 1 atom stereocenters. The predicted octanol–water partition coefficient (Wildman–Crippen LogP) is 2.36. The van der Waals surface area contributed by atoms with Crippen LogP contribution in [0.5, 0.6) is 0 Å². The molecule has 1 aliphatic rings. The quantitative estimate of drug-likeness (QED) is 0.542. The molecule has 0 saturated heterocycles. The van der Waals surface area contributed by atoms with Crippen molar-refractivity contribution in [1.82, 2.24) is 14.8 Å². The van der Waals surface area contributed by atoms with Crippen LogP contribution in [0.15, 0.2) is 55.1 Å². The van der Waals surface area contributed by atoms with Gasteiger partial charge in [-0.25, -0.2) is 14.5 Å². The number of ketones is 1. The summed E-state index contributed by atoms with van der Waals surface area (Å²) in [7, 11) is 0. The average molecular weight is 376 g/mol. The maximum absolute atomic E-state index is 12.4. The number of carbonyl (C=O) groups excluding carboxylic acids is 3. The SMILES string of the molecule is C[C@@H]1C(=O)Nc2ccc(C(=O)COC(=O)c3ccc(-n4cncn4)cc3)cc21. The fourth-order valence-electron chi connectivity index (χ4n) is 2.98. The van der Waals surface area contributed by atoms with Crippen molar-refractivity contribution < 1.29 is 19.1 Å². The van der Waals surface area contributed by atoms with Crippen molar-refractivity contribution in [3.05, 3.63) is 71.8 Å². The van der Waals surface area contributed by atoms with Crippen molar-refractivity contribution in [2.24, 2.45) is 0 Å². The molecule has 140 valence electrons. The first-order chi connectivity index (χ1) is 13.5. The molecular formula is C20H16N4O4. The van der Waals surface area contributed by atoms with Crippen LogP contribution >= 0.6 is 0 Å². The Morgan fingerprint density at radius 3 is 2.61 bits per heavy atom. The van der Waals surface area contributed by atoms with Crippen LogP contribution in [0.2, 0.25) is 0 Å². The van der Waals surface area contributed by atoms with Crippen LogP contribution in [-0.4, -0.2) is 39.0 Å². The molecule has 8 nitrogen and oxygen atoms in total. The first kappa shape index (κ1) is 17.6. The molecule has 0 fully saturated rings. The lowest BCUT2D eigenvalue weighted by Gasteiger charge is -2.07. The van der Waals surface area contributed by atoms with Gasteiger partial charge in [0, 0.05) is 11.3 Å². The molecule has 0 bridgehead atoms. The van der Waals surface area contributed by atoms with E-state index in [2.05, 4.69) is 15.4 Å². The standard InChI is InChI=1S/C20H16N4O4/c1-12-16-8-14(4-7-17(16)23-19(12)26)18(25)9-28-20(27)13-2-5-15(6-3-13)24-11-21-10-22-24/h2-8,10-12H,9H2,1H3,(H,23,26)/t12-/m0/s1. The van der Waals surface area contributed by atoms with Gasteiger partial charge in [-0.15, -0.1) is 0 Å². The van der Waals surface area contributed by atoms with Crippen molar-refractivity contribution in [1.29, 1.82) is 0 Å². The molecular weight excluding hydrogens is 360 g/mol. The largest absolute Gasteiger partial charge is 0.454 e. The van der Waals surface area contributed by atoms with E-state index < -0.39 is 5.97 Å². The van der Waals surface area contributed by atoms with Gasteiger partial charge < -0.3 is 10.1 Å². The fourth-order valence-corrected chi connectivity index (χ4v) is 2.98. The molecule has 0 radical (unpaired) electrons. The highest BCUT2D eigenvalue weighted by atomic mass is 16.5. The monoisotopic (exact) mass is 376 g/mol. The second-order valence-corrected chi connectivity index (χ2v) is 6.40. The lowest BCUT2D eigenvalue weighted by atomic mass is 9.99. The molecule has 0 saturated carbocycles. The summed E-state index contributed by atoms with van der Waals surface area (Å²) in [5.74, 6) is -1.33. The van der Waals surface area contributed by atoms with Gasteiger partial charge in [-0.3, -0.25) is 9.59 Å². The number of rotatable bonds is 5. The van der Waals surface area contributed by atoms with Crippen molar-refractivity contribution in [2.75, 3.05) is 11.9 Å². The third-order valence-corrected chi connectivity index (χ3v) is 4.61. The van der Waals surface area contributed by atoms with Gasteiger partial charge in [0.1, 0.15) is 12.7 Å². The molecule has 4 rings (SSSR count). The number of anilines is 1. The van der Waals surface area contributed by atoms with E-state index in [1.54, 1.807) is 60.4 Å². The predicted molar refractivity (Wildman–Crippen MR) is 99.5 cm³/mol. The van der Waals surface area contributed by atoms with E-state index in [9.17, 15) is 14.4 Å². The highest BCUT2D eigenvalue weighted by Gasteiger charge is 2.27. The first-order valence-corrected chi connectivity index (χ1v) is 8.63. The maximum Gasteiger partial charge on any atom is 0.338 e. The smallest absolute Gasteiger partial charge is 0.338 e. The van der Waals surface area contributed by atoms with Crippen molar-refractivity contribution in [2.45, 2.75) is 12.8 Å². The number of aromatic nitrogens is 3. The number of Topliss-reactive ketones (excluding diaryl/α,β-unsaturated/α-hetero) is 1. The van der Waals surface area contributed by atoms with Crippen molar-refractivity contribution >= 4 is 23.3 Å².